The van der Waals surface area contributed by atoms with Crippen molar-refractivity contribution < 1.29 is 19.0 Å². The first-order chi connectivity index (χ1) is 16.4. The normalized spacial score (nSPS) is 10.9. The van der Waals surface area contributed by atoms with E-state index >= 15 is 0 Å². The highest BCUT2D eigenvalue weighted by Crippen LogP contribution is 2.33. The molecule has 0 radical (unpaired) electrons. The van der Waals surface area contributed by atoms with Gasteiger partial charge in [0.15, 0.2) is 11.5 Å². The third-order valence-corrected chi connectivity index (χ3v) is 5.73. The Kier molecular flexibility index (Phi) is 6.83. The van der Waals surface area contributed by atoms with E-state index < -0.39 is 0 Å². The number of nitrogens with zero attached hydrogens (tertiary/aromatic N) is 3. The highest BCUT2D eigenvalue weighted by atomic mass is 32.1. The van der Waals surface area contributed by atoms with Gasteiger partial charge in [0.2, 0.25) is 5.13 Å². The number of hydrogen-bond donors (Lipinski definition) is 1. The lowest BCUT2D eigenvalue weighted by molar-refractivity contribution is 0.102. The highest BCUT2D eigenvalue weighted by molar-refractivity contribution is 7.12. The number of methoxy groups -OCH3 is 2. The third kappa shape index (κ3) is 5.04. The molecule has 0 aliphatic carbocycles. The molecular formula is C25H26N4O4S. The minimum Gasteiger partial charge on any atom is -0.493 e. The maximum atomic E-state index is 12.9. The molecule has 2 heterocycles. The second-order valence-electron chi connectivity index (χ2n) is 7.81. The molecule has 176 valence electrons. The van der Waals surface area contributed by atoms with Crippen LogP contribution in [0.3, 0.4) is 0 Å². The predicted octanol–water partition coefficient (Wildman–Crippen LogP) is 5.36. The average molecular weight is 479 g/mol. The van der Waals surface area contributed by atoms with Crippen LogP contribution in [-0.4, -0.2) is 41.0 Å². The van der Waals surface area contributed by atoms with Crippen molar-refractivity contribution in [3.05, 3.63) is 65.2 Å². The van der Waals surface area contributed by atoms with Gasteiger partial charge in [-0.05, 0) is 63.2 Å². The lowest BCUT2D eigenvalue weighted by atomic mass is 10.1. The standard InChI is InChI=1S/C25H26N4O4S/c1-15(2)33-19-9-6-17(7-10-19)24(30)27-23-12-16(3)28-29(23)25-26-20(14-34-25)18-8-11-21(31-4)22(13-18)32-5/h6-15H,1-5H3,(H,27,30). The Hall–Kier alpha value is -3.85. The molecule has 2 aromatic carbocycles. The molecule has 1 amide bonds. The van der Waals surface area contributed by atoms with Gasteiger partial charge in [-0.25, -0.2) is 4.98 Å². The van der Waals surface area contributed by atoms with E-state index in [1.807, 2.05) is 50.4 Å². The minimum atomic E-state index is -0.242. The van der Waals surface area contributed by atoms with Gasteiger partial charge in [-0.3, -0.25) is 4.79 Å². The maximum Gasteiger partial charge on any atom is 0.256 e. The molecule has 0 saturated carbocycles. The van der Waals surface area contributed by atoms with Gasteiger partial charge >= 0.3 is 0 Å². The van der Waals surface area contributed by atoms with Crippen molar-refractivity contribution in [2.75, 3.05) is 19.5 Å². The molecule has 0 saturated heterocycles. The van der Waals surface area contributed by atoms with E-state index in [9.17, 15) is 4.79 Å². The summed E-state index contributed by atoms with van der Waals surface area (Å²) >= 11 is 1.43. The Morgan fingerprint density at radius 2 is 1.76 bits per heavy atom. The zero-order valence-electron chi connectivity index (χ0n) is 19.7. The molecule has 0 fully saturated rings. The second kappa shape index (κ2) is 9.96. The fourth-order valence-electron chi connectivity index (χ4n) is 3.37. The first kappa shape index (κ1) is 23.3. The van der Waals surface area contributed by atoms with Crippen LogP contribution < -0.4 is 19.5 Å². The highest BCUT2D eigenvalue weighted by Gasteiger charge is 2.16. The predicted molar refractivity (Wildman–Crippen MR) is 133 cm³/mol. The molecule has 9 heteroatoms. The van der Waals surface area contributed by atoms with Crippen molar-refractivity contribution in [3.63, 3.8) is 0 Å². The summed E-state index contributed by atoms with van der Waals surface area (Å²) in [7, 11) is 3.20. The summed E-state index contributed by atoms with van der Waals surface area (Å²) in [6.45, 7) is 5.78. The molecule has 0 aliphatic rings. The number of aromatic nitrogens is 3. The van der Waals surface area contributed by atoms with Crippen LogP contribution in [0.1, 0.15) is 29.9 Å². The zero-order valence-corrected chi connectivity index (χ0v) is 20.5. The molecule has 34 heavy (non-hydrogen) atoms. The number of thiazole rings is 1. The molecule has 2 aromatic heterocycles. The molecule has 4 aromatic rings. The zero-order chi connectivity index (χ0) is 24.2. The summed E-state index contributed by atoms with van der Waals surface area (Å²) in [6.07, 6.45) is 0.0687. The van der Waals surface area contributed by atoms with Crippen molar-refractivity contribution in [2.45, 2.75) is 26.9 Å². The van der Waals surface area contributed by atoms with Gasteiger partial charge in [-0.2, -0.15) is 9.78 Å². The van der Waals surface area contributed by atoms with Gasteiger partial charge in [0.25, 0.3) is 5.91 Å². The van der Waals surface area contributed by atoms with Crippen molar-refractivity contribution in [2.24, 2.45) is 0 Å². The lowest BCUT2D eigenvalue weighted by Gasteiger charge is -2.10. The lowest BCUT2D eigenvalue weighted by Crippen LogP contribution is -2.15. The number of anilines is 1. The number of amides is 1. The SMILES string of the molecule is COc1ccc(-c2csc(-n3nc(C)cc3NC(=O)c3ccc(OC(C)C)cc3)n2)cc1OC. The van der Waals surface area contributed by atoms with E-state index in [-0.39, 0.29) is 12.0 Å². The number of carbonyl (C=O) groups excluding carboxylic acids is 1. The molecule has 0 bridgehead atoms. The summed E-state index contributed by atoms with van der Waals surface area (Å²) < 4.78 is 18.0. The number of aryl methyl sites for hydroxylation is 1. The van der Waals surface area contributed by atoms with Gasteiger partial charge in [0, 0.05) is 22.6 Å². The van der Waals surface area contributed by atoms with E-state index in [1.165, 1.54) is 11.3 Å². The fraction of sp³-hybridized carbons (Fsp3) is 0.240. The second-order valence-corrected chi connectivity index (χ2v) is 8.65. The Morgan fingerprint density at radius 3 is 2.44 bits per heavy atom. The Bertz CT molecular complexity index is 1290. The van der Waals surface area contributed by atoms with Crippen molar-refractivity contribution >= 4 is 23.1 Å². The molecule has 0 unspecified atom stereocenters. The Morgan fingerprint density at radius 1 is 1.03 bits per heavy atom. The number of rotatable bonds is 8. The summed E-state index contributed by atoms with van der Waals surface area (Å²) in [6, 6.07) is 14.5. The molecule has 0 spiro atoms. The number of ether oxygens (including phenoxy) is 3. The Labute approximate surface area is 202 Å². The number of hydrogen-bond acceptors (Lipinski definition) is 7. The first-order valence-electron chi connectivity index (χ1n) is 10.7. The summed E-state index contributed by atoms with van der Waals surface area (Å²) in [5.41, 5.74) is 2.94. The topological polar surface area (TPSA) is 87.5 Å². The average Bonchev–Trinajstić information content (AvgIpc) is 3.45. The Balaban J connectivity index is 1.56. The van der Waals surface area contributed by atoms with Crippen molar-refractivity contribution in [1.82, 2.24) is 14.8 Å². The van der Waals surface area contributed by atoms with E-state index in [1.54, 1.807) is 43.2 Å². The van der Waals surface area contributed by atoms with Gasteiger partial charge in [0.1, 0.15) is 11.6 Å². The van der Waals surface area contributed by atoms with Crippen LogP contribution in [0.4, 0.5) is 5.82 Å². The summed E-state index contributed by atoms with van der Waals surface area (Å²) in [5, 5.41) is 10.0. The number of nitrogens with one attached hydrogen (secondary N) is 1. The fourth-order valence-corrected chi connectivity index (χ4v) is 4.17. The van der Waals surface area contributed by atoms with Crippen LogP contribution in [0.2, 0.25) is 0 Å². The number of carbonyl (C=O) groups is 1. The molecule has 4 rings (SSSR count). The van der Waals surface area contributed by atoms with Crippen LogP contribution in [-0.2, 0) is 0 Å². The summed E-state index contributed by atoms with van der Waals surface area (Å²) in [4.78, 5) is 17.6. The van der Waals surface area contributed by atoms with Crippen LogP contribution in [0, 0.1) is 6.92 Å². The first-order valence-corrected chi connectivity index (χ1v) is 11.6. The molecule has 1 N–H and O–H groups in total. The van der Waals surface area contributed by atoms with Crippen LogP contribution >= 0.6 is 11.3 Å². The van der Waals surface area contributed by atoms with Crippen molar-refractivity contribution in [1.29, 1.82) is 0 Å². The maximum absolute atomic E-state index is 12.9. The van der Waals surface area contributed by atoms with Gasteiger partial charge < -0.3 is 19.5 Å². The molecule has 0 atom stereocenters. The van der Waals surface area contributed by atoms with E-state index in [2.05, 4.69) is 10.4 Å². The van der Waals surface area contributed by atoms with Gasteiger partial charge in [-0.15, -0.1) is 11.3 Å². The number of benzene rings is 2. The van der Waals surface area contributed by atoms with E-state index in [4.69, 9.17) is 19.2 Å². The molecular weight excluding hydrogens is 452 g/mol. The summed E-state index contributed by atoms with van der Waals surface area (Å²) in [5.74, 6) is 2.30. The van der Waals surface area contributed by atoms with Crippen LogP contribution in [0.15, 0.2) is 53.9 Å². The van der Waals surface area contributed by atoms with E-state index in [0.29, 0.717) is 28.0 Å². The quantitative estimate of drug-likeness (QED) is 0.367. The van der Waals surface area contributed by atoms with Crippen molar-refractivity contribution in [3.8, 4) is 33.6 Å². The molecule has 0 aliphatic heterocycles. The largest absolute Gasteiger partial charge is 0.493 e. The van der Waals surface area contributed by atoms with Crippen LogP contribution in [0.25, 0.3) is 16.4 Å². The van der Waals surface area contributed by atoms with E-state index in [0.717, 1.165) is 22.7 Å². The van der Waals surface area contributed by atoms with Gasteiger partial charge in [-0.1, -0.05) is 0 Å². The van der Waals surface area contributed by atoms with Crippen LogP contribution in [0.5, 0.6) is 17.2 Å². The molecule has 8 nitrogen and oxygen atoms in total. The monoisotopic (exact) mass is 478 g/mol. The van der Waals surface area contributed by atoms with Gasteiger partial charge in [0.05, 0.1) is 31.7 Å². The minimum absolute atomic E-state index is 0.0687. The third-order valence-electron chi connectivity index (χ3n) is 4.91. The smallest absolute Gasteiger partial charge is 0.256 e.